The topological polar surface area (TPSA) is 58.2 Å². The van der Waals surface area contributed by atoms with Crippen molar-refractivity contribution in [1.29, 1.82) is 0 Å². The van der Waals surface area contributed by atoms with E-state index in [0.717, 1.165) is 24.3 Å². The lowest BCUT2D eigenvalue weighted by atomic mass is 9.95. The first-order chi connectivity index (χ1) is 16.6. The third-order valence-electron chi connectivity index (χ3n) is 4.85. The number of carbonyl (C=O) groups is 2. The van der Waals surface area contributed by atoms with Crippen LogP contribution in [0, 0.1) is 5.82 Å². The Morgan fingerprint density at radius 1 is 1.00 bits per heavy atom. The van der Waals surface area contributed by atoms with E-state index in [1.807, 2.05) is 0 Å². The molecule has 0 aliphatic carbocycles. The second-order valence-electron chi connectivity index (χ2n) is 7.52. The molecular weight excluding hydrogens is 540 g/mol. The van der Waals surface area contributed by atoms with Crippen molar-refractivity contribution in [1.82, 2.24) is 10.6 Å². The van der Waals surface area contributed by atoms with Crippen molar-refractivity contribution < 1.29 is 40.3 Å². The Balaban J connectivity index is 2.21. The number of halogens is 9. The molecule has 0 bridgehead atoms. The van der Waals surface area contributed by atoms with Crippen LogP contribution in [0.1, 0.15) is 39.9 Å². The minimum absolute atomic E-state index is 0.0998. The second kappa shape index (κ2) is 12.0. The Labute approximate surface area is 211 Å². The van der Waals surface area contributed by atoms with Crippen LogP contribution in [0.5, 0.6) is 0 Å². The summed E-state index contributed by atoms with van der Waals surface area (Å²) in [5.74, 6) is -4.98. The number of amides is 2. The zero-order valence-corrected chi connectivity index (χ0v) is 20.0. The molecule has 0 saturated heterocycles. The van der Waals surface area contributed by atoms with Gasteiger partial charge in [0, 0.05) is 5.56 Å². The summed E-state index contributed by atoms with van der Waals surface area (Å²) >= 11 is 11.3. The van der Waals surface area contributed by atoms with E-state index < -0.39 is 59.0 Å². The zero-order chi connectivity index (χ0) is 27.3. The van der Waals surface area contributed by atoms with Gasteiger partial charge in [-0.25, -0.2) is 4.39 Å². The fraction of sp³-hybridized carbons (Fsp3) is 0.304. The van der Waals surface area contributed by atoms with E-state index in [0.29, 0.717) is 11.1 Å². The second-order valence-corrected chi connectivity index (χ2v) is 8.34. The summed E-state index contributed by atoms with van der Waals surface area (Å²) in [5.41, 5.74) is 0.454. The standard InChI is InChI=1S/C23H19Cl2F7N2O2/c1-2-13-7-12(3-5-15(13)21(36)33-10-19(35)34-11-22(27,28)29)4-6-16(23(30,31)32)14-8-17(24)20(26)18(25)9-14/h3-9,16H,2,10-11H2,1H3,(H,33,36)(H,34,35)/b6-4+. The van der Waals surface area contributed by atoms with Crippen LogP contribution < -0.4 is 10.6 Å². The summed E-state index contributed by atoms with van der Waals surface area (Å²) in [7, 11) is 0. The van der Waals surface area contributed by atoms with Crippen molar-refractivity contribution >= 4 is 41.1 Å². The normalized spacial score (nSPS) is 13.1. The molecule has 2 amide bonds. The molecule has 0 spiro atoms. The molecule has 2 aromatic rings. The third kappa shape index (κ3) is 8.41. The highest BCUT2D eigenvalue weighted by molar-refractivity contribution is 6.35. The molecule has 2 rings (SSSR count). The number of allylic oxidation sites excluding steroid dienone is 1. The van der Waals surface area contributed by atoms with Gasteiger partial charge in [-0.3, -0.25) is 9.59 Å². The van der Waals surface area contributed by atoms with Crippen molar-refractivity contribution in [2.75, 3.05) is 13.1 Å². The van der Waals surface area contributed by atoms with Gasteiger partial charge in [0.2, 0.25) is 5.91 Å². The molecule has 0 aliphatic rings. The number of carbonyl (C=O) groups excluding carboxylic acids is 2. The highest BCUT2D eigenvalue weighted by Gasteiger charge is 2.39. The van der Waals surface area contributed by atoms with E-state index in [-0.39, 0.29) is 17.5 Å². The SMILES string of the molecule is CCc1cc(/C=C/C(c2cc(Cl)c(F)c(Cl)c2)C(F)(F)F)ccc1C(=O)NCC(=O)NCC(F)(F)F. The number of benzene rings is 2. The fourth-order valence-electron chi connectivity index (χ4n) is 3.12. The molecule has 0 aliphatic heterocycles. The molecule has 0 saturated carbocycles. The first-order valence-corrected chi connectivity index (χ1v) is 11.0. The van der Waals surface area contributed by atoms with Gasteiger partial charge in [0.1, 0.15) is 6.54 Å². The lowest BCUT2D eigenvalue weighted by Gasteiger charge is -2.18. The van der Waals surface area contributed by atoms with E-state index in [4.69, 9.17) is 23.2 Å². The van der Waals surface area contributed by atoms with Crippen molar-refractivity contribution in [3.63, 3.8) is 0 Å². The van der Waals surface area contributed by atoms with E-state index in [9.17, 15) is 40.3 Å². The smallest absolute Gasteiger partial charge is 0.345 e. The summed E-state index contributed by atoms with van der Waals surface area (Å²) in [6.45, 7) is -0.565. The summed E-state index contributed by atoms with van der Waals surface area (Å²) in [5, 5.41) is 2.69. The van der Waals surface area contributed by atoms with Crippen LogP contribution in [0.2, 0.25) is 10.0 Å². The van der Waals surface area contributed by atoms with Crippen LogP contribution in [0.25, 0.3) is 6.08 Å². The van der Waals surface area contributed by atoms with E-state index in [1.54, 1.807) is 12.2 Å². The Bertz CT molecular complexity index is 1130. The van der Waals surface area contributed by atoms with Crippen LogP contribution in [0.15, 0.2) is 36.4 Å². The molecule has 0 radical (unpaired) electrons. The fourth-order valence-corrected chi connectivity index (χ4v) is 3.62. The van der Waals surface area contributed by atoms with Crippen LogP contribution in [-0.2, 0) is 11.2 Å². The Morgan fingerprint density at radius 3 is 2.14 bits per heavy atom. The summed E-state index contributed by atoms with van der Waals surface area (Å²) in [6, 6.07) is 5.79. The van der Waals surface area contributed by atoms with E-state index >= 15 is 0 Å². The predicted octanol–water partition coefficient (Wildman–Crippen LogP) is 6.46. The Hall–Kier alpha value is -2.79. The molecule has 4 nitrogen and oxygen atoms in total. The molecular formula is C23H19Cl2F7N2O2. The number of hydrogen-bond donors (Lipinski definition) is 2. The lowest BCUT2D eigenvalue weighted by molar-refractivity contribution is -0.139. The minimum atomic E-state index is -4.75. The summed E-state index contributed by atoms with van der Waals surface area (Å²) in [4.78, 5) is 23.9. The van der Waals surface area contributed by atoms with Gasteiger partial charge in [0.25, 0.3) is 5.91 Å². The van der Waals surface area contributed by atoms with Crippen molar-refractivity contribution in [3.8, 4) is 0 Å². The number of aryl methyl sites for hydroxylation is 1. The molecule has 0 fully saturated rings. The number of alkyl halides is 6. The third-order valence-corrected chi connectivity index (χ3v) is 5.40. The maximum absolute atomic E-state index is 13.7. The van der Waals surface area contributed by atoms with Crippen molar-refractivity contribution in [2.45, 2.75) is 31.6 Å². The molecule has 0 heterocycles. The van der Waals surface area contributed by atoms with Crippen molar-refractivity contribution in [2.24, 2.45) is 0 Å². The van der Waals surface area contributed by atoms with Crippen LogP contribution in [-0.4, -0.2) is 37.3 Å². The average Bonchev–Trinajstić information content (AvgIpc) is 2.78. The average molecular weight is 559 g/mol. The van der Waals surface area contributed by atoms with Gasteiger partial charge >= 0.3 is 12.4 Å². The maximum atomic E-state index is 13.7. The predicted molar refractivity (Wildman–Crippen MR) is 121 cm³/mol. The molecule has 13 heteroatoms. The Kier molecular flexibility index (Phi) is 9.78. The van der Waals surface area contributed by atoms with Gasteiger partial charge in [0.15, 0.2) is 5.82 Å². The molecule has 196 valence electrons. The highest BCUT2D eigenvalue weighted by atomic mass is 35.5. The molecule has 1 atom stereocenters. The molecule has 36 heavy (non-hydrogen) atoms. The molecule has 2 N–H and O–H groups in total. The number of rotatable bonds is 8. The van der Waals surface area contributed by atoms with Crippen LogP contribution in [0.4, 0.5) is 30.7 Å². The van der Waals surface area contributed by atoms with Gasteiger partial charge in [0.05, 0.1) is 22.5 Å². The summed E-state index contributed by atoms with van der Waals surface area (Å²) < 4.78 is 91.1. The van der Waals surface area contributed by atoms with Gasteiger partial charge in [-0.2, -0.15) is 26.3 Å². The monoisotopic (exact) mass is 558 g/mol. The van der Waals surface area contributed by atoms with E-state index in [2.05, 4.69) is 5.32 Å². The van der Waals surface area contributed by atoms with Crippen LogP contribution in [0.3, 0.4) is 0 Å². The van der Waals surface area contributed by atoms with Gasteiger partial charge < -0.3 is 10.6 Å². The van der Waals surface area contributed by atoms with Gasteiger partial charge in [-0.15, -0.1) is 0 Å². The van der Waals surface area contributed by atoms with Crippen molar-refractivity contribution in [3.05, 3.63) is 74.5 Å². The number of hydrogen-bond acceptors (Lipinski definition) is 2. The van der Waals surface area contributed by atoms with E-state index in [1.165, 1.54) is 18.2 Å². The number of nitrogens with one attached hydrogen (secondary N) is 2. The first kappa shape index (κ1) is 29.4. The lowest BCUT2D eigenvalue weighted by Crippen LogP contribution is -2.41. The molecule has 1 unspecified atom stereocenters. The highest BCUT2D eigenvalue weighted by Crippen LogP contribution is 2.39. The maximum Gasteiger partial charge on any atom is 0.405 e. The quantitative estimate of drug-likeness (QED) is 0.288. The Morgan fingerprint density at radius 2 is 1.61 bits per heavy atom. The first-order valence-electron chi connectivity index (χ1n) is 10.3. The summed E-state index contributed by atoms with van der Waals surface area (Å²) in [6.07, 6.45) is -7.06. The molecule has 2 aromatic carbocycles. The van der Waals surface area contributed by atoms with Gasteiger partial charge in [-0.05, 0) is 41.3 Å². The largest absolute Gasteiger partial charge is 0.405 e. The minimum Gasteiger partial charge on any atom is -0.345 e. The zero-order valence-electron chi connectivity index (χ0n) is 18.5. The molecule has 0 aromatic heterocycles. The van der Waals surface area contributed by atoms with Gasteiger partial charge in [-0.1, -0.05) is 54.4 Å². The van der Waals surface area contributed by atoms with Crippen LogP contribution >= 0.6 is 23.2 Å².